The van der Waals surface area contributed by atoms with E-state index in [1.54, 1.807) is 12.1 Å². The van der Waals surface area contributed by atoms with Gasteiger partial charge in [0.2, 0.25) is 0 Å². The number of carbonyl (C=O) groups excluding carboxylic acids is 1. The molecule has 1 atom stereocenters. The maximum atomic E-state index is 12.3. The molecule has 3 heterocycles. The van der Waals surface area contributed by atoms with Gasteiger partial charge in [-0.2, -0.15) is 0 Å². The summed E-state index contributed by atoms with van der Waals surface area (Å²) in [5, 5.41) is 6.87. The van der Waals surface area contributed by atoms with Crippen molar-refractivity contribution in [1.29, 1.82) is 0 Å². The summed E-state index contributed by atoms with van der Waals surface area (Å²) in [6.45, 7) is 3.37. The zero-order chi connectivity index (χ0) is 15.7. The smallest absolute Gasteiger partial charge is 0.258 e. The van der Waals surface area contributed by atoms with Gasteiger partial charge in [0.05, 0.1) is 10.6 Å². The van der Waals surface area contributed by atoms with Crippen LogP contribution in [0.5, 0.6) is 0 Å². The first kappa shape index (κ1) is 16.4. The highest BCUT2D eigenvalue weighted by atomic mass is 127. The quantitative estimate of drug-likeness (QED) is 0.538. The van der Waals surface area contributed by atoms with E-state index in [2.05, 4.69) is 38.1 Å². The van der Waals surface area contributed by atoms with Crippen molar-refractivity contribution < 1.29 is 4.79 Å². The summed E-state index contributed by atoms with van der Waals surface area (Å²) < 4.78 is 0.961. The number of fused-ring (bicyclic) bond motifs is 3. The van der Waals surface area contributed by atoms with Gasteiger partial charge >= 0.3 is 0 Å². The summed E-state index contributed by atoms with van der Waals surface area (Å²) in [7, 11) is 0. The van der Waals surface area contributed by atoms with Gasteiger partial charge in [0.1, 0.15) is 0 Å². The topological polar surface area (TPSA) is 44.4 Å². The number of carbonyl (C=O) groups is 1. The second-order valence-electron chi connectivity index (χ2n) is 5.80. The van der Waals surface area contributed by atoms with E-state index in [1.807, 2.05) is 6.07 Å². The van der Waals surface area contributed by atoms with E-state index in [0.717, 1.165) is 10.1 Å². The Morgan fingerprint density at radius 3 is 2.73 bits per heavy atom. The summed E-state index contributed by atoms with van der Waals surface area (Å²) in [6, 6.07) is 5.68. The molecule has 7 heteroatoms. The molecule has 1 aromatic rings. The largest absolute Gasteiger partial charge is 0.358 e. The highest BCUT2D eigenvalue weighted by Crippen LogP contribution is 2.27. The Kier molecular flexibility index (Phi) is 5.21. The standard InChI is InChI=1S/C15H17ClIN3OS/c16-12-2-1-10(17)7-11(12)14(21)19-15(22)18-13-8-20-5-3-9(13)4-6-20/h1-2,7,9,13H,3-6,8H2,(H2,18,19,21,22). The number of amides is 1. The van der Waals surface area contributed by atoms with Crippen molar-refractivity contribution in [2.75, 3.05) is 19.6 Å². The number of benzene rings is 1. The monoisotopic (exact) mass is 449 g/mol. The molecule has 118 valence electrons. The predicted octanol–water partition coefficient (Wildman–Crippen LogP) is 2.64. The normalized spacial score (nSPS) is 26.5. The number of piperidine rings is 3. The molecule has 0 radical (unpaired) electrons. The second kappa shape index (κ2) is 6.98. The van der Waals surface area contributed by atoms with E-state index in [4.69, 9.17) is 23.8 Å². The molecule has 0 aliphatic carbocycles. The van der Waals surface area contributed by atoms with Gasteiger partial charge in [-0.3, -0.25) is 10.1 Å². The molecule has 1 unspecified atom stereocenters. The minimum absolute atomic E-state index is 0.262. The predicted molar refractivity (Wildman–Crippen MR) is 100 cm³/mol. The first-order chi connectivity index (χ1) is 10.5. The van der Waals surface area contributed by atoms with Crippen molar-refractivity contribution in [3.05, 3.63) is 32.4 Å². The maximum absolute atomic E-state index is 12.3. The van der Waals surface area contributed by atoms with Gasteiger partial charge < -0.3 is 10.2 Å². The maximum Gasteiger partial charge on any atom is 0.258 e. The molecule has 0 saturated carbocycles. The molecule has 2 bridgehead atoms. The van der Waals surface area contributed by atoms with E-state index in [-0.39, 0.29) is 5.91 Å². The lowest BCUT2D eigenvalue weighted by Gasteiger charge is -2.45. The number of nitrogens with zero attached hydrogens (tertiary/aromatic N) is 1. The van der Waals surface area contributed by atoms with Crippen LogP contribution in [-0.4, -0.2) is 41.6 Å². The van der Waals surface area contributed by atoms with Gasteiger partial charge in [-0.25, -0.2) is 0 Å². The van der Waals surface area contributed by atoms with Crippen LogP contribution in [0.4, 0.5) is 0 Å². The fourth-order valence-corrected chi connectivity index (χ4v) is 4.11. The number of rotatable bonds is 2. The summed E-state index contributed by atoms with van der Waals surface area (Å²) in [6.07, 6.45) is 2.41. The molecule has 0 aromatic heterocycles. The van der Waals surface area contributed by atoms with Crippen molar-refractivity contribution in [1.82, 2.24) is 15.5 Å². The summed E-state index contributed by atoms with van der Waals surface area (Å²) in [5.74, 6) is 0.392. The van der Waals surface area contributed by atoms with Crippen LogP contribution in [-0.2, 0) is 0 Å². The van der Waals surface area contributed by atoms with Gasteiger partial charge in [0, 0.05) is 16.2 Å². The Balaban J connectivity index is 1.59. The Labute approximate surface area is 154 Å². The fraction of sp³-hybridized carbons (Fsp3) is 0.467. The zero-order valence-electron chi connectivity index (χ0n) is 11.9. The van der Waals surface area contributed by atoms with Gasteiger partial charge in [0.25, 0.3) is 5.91 Å². The van der Waals surface area contributed by atoms with Crippen LogP contribution in [0.2, 0.25) is 5.02 Å². The third-order valence-electron chi connectivity index (χ3n) is 4.37. The Hall–Kier alpha value is -0.440. The highest BCUT2D eigenvalue weighted by Gasteiger charge is 2.34. The number of halogens is 2. The third kappa shape index (κ3) is 3.72. The first-order valence-corrected chi connectivity index (χ1v) is 9.18. The molecule has 2 N–H and O–H groups in total. The van der Waals surface area contributed by atoms with Crippen molar-refractivity contribution in [3.63, 3.8) is 0 Å². The van der Waals surface area contributed by atoms with Crippen molar-refractivity contribution in [2.45, 2.75) is 18.9 Å². The van der Waals surface area contributed by atoms with Crippen molar-refractivity contribution in [3.8, 4) is 0 Å². The fourth-order valence-electron chi connectivity index (χ4n) is 3.18. The number of thiocarbonyl (C=S) groups is 1. The third-order valence-corrected chi connectivity index (χ3v) is 5.59. The van der Waals surface area contributed by atoms with Gasteiger partial charge in [0.15, 0.2) is 5.11 Å². The molecule has 3 fully saturated rings. The van der Waals surface area contributed by atoms with Crippen LogP contribution in [0, 0.1) is 9.49 Å². The number of nitrogens with one attached hydrogen (secondary N) is 2. The van der Waals surface area contributed by atoms with Crippen LogP contribution >= 0.6 is 46.4 Å². The average molecular weight is 450 g/mol. The van der Waals surface area contributed by atoms with Crippen LogP contribution in [0.15, 0.2) is 18.2 Å². The number of hydrogen-bond acceptors (Lipinski definition) is 3. The molecule has 1 aromatic carbocycles. The van der Waals surface area contributed by atoms with Crippen LogP contribution in [0.3, 0.4) is 0 Å². The lowest BCUT2D eigenvalue weighted by molar-refractivity contribution is 0.0807. The van der Waals surface area contributed by atoms with Crippen molar-refractivity contribution >= 4 is 57.4 Å². The molecular weight excluding hydrogens is 433 g/mol. The van der Waals surface area contributed by atoms with E-state index in [9.17, 15) is 4.79 Å². The Morgan fingerprint density at radius 2 is 2.09 bits per heavy atom. The first-order valence-electron chi connectivity index (χ1n) is 7.32. The zero-order valence-corrected chi connectivity index (χ0v) is 15.7. The molecule has 1 amide bonds. The van der Waals surface area contributed by atoms with E-state index >= 15 is 0 Å². The van der Waals surface area contributed by atoms with Gasteiger partial charge in [-0.1, -0.05) is 11.6 Å². The minimum atomic E-state index is -0.262. The molecule has 22 heavy (non-hydrogen) atoms. The van der Waals surface area contributed by atoms with Crippen LogP contribution < -0.4 is 10.6 Å². The molecule has 3 aliphatic rings. The van der Waals surface area contributed by atoms with E-state index in [1.165, 1.54) is 25.9 Å². The molecule has 0 spiro atoms. The SMILES string of the molecule is O=C(NC(=S)NC1CN2CCC1CC2)c1cc(I)ccc1Cl. The average Bonchev–Trinajstić information content (AvgIpc) is 2.50. The summed E-state index contributed by atoms with van der Waals surface area (Å²) in [4.78, 5) is 14.7. The lowest BCUT2D eigenvalue weighted by atomic mass is 9.84. The molecule has 3 saturated heterocycles. The van der Waals surface area contributed by atoms with E-state index < -0.39 is 0 Å². The molecule has 3 aliphatic heterocycles. The van der Waals surface area contributed by atoms with Crippen LogP contribution in [0.25, 0.3) is 0 Å². The number of hydrogen-bond donors (Lipinski definition) is 2. The molecule has 4 rings (SSSR count). The molecule has 4 nitrogen and oxygen atoms in total. The lowest BCUT2D eigenvalue weighted by Crippen LogP contribution is -2.59. The van der Waals surface area contributed by atoms with E-state index in [0.29, 0.717) is 27.7 Å². The Morgan fingerprint density at radius 1 is 1.36 bits per heavy atom. The summed E-state index contributed by atoms with van der Waals surface area (Å²) >= 11 is 13.5. The van der Waals surface area contributed by atoms with Gasteiger partial charge in [-0.05, 0) is 84.9 Å². The second-order valence-corrected chi connectivity index (χ2v) is 7.86. The molecular formula is C15H17ClIN3OS. The van der Waals surface area contributed by atoms with Crippen LogP contribution in [0.1, 0.15) is 23.2 Å². The summed E-state index contributed by atoms with van der Waals surface area (Å²) in [5.41, 5.74) is 0.451. The highest BCUT2D eigenvalue weighted by molar-refractivity contribution is 14.1. The Bertz CT molecular complexity index is 604. The minimum Gasteiger partial charge on any atom is -0.358 e. The van der Waals surface area contributed by atoms with Gasteiger partial charge in [-0.15, -0.1) is 0 Å². The van der Waals surface area contributed by atoms with Crippen molar-refractivity contribution in [2.24, 2.45) is 5.92 Å².